The first-order valence-corrected chi connectivity index (χ1v) is 19.5. The van der Waals surface area contributed by atoms with E-state index in [1.807, 2.05) is 56.3 Å². The Bertz CT molecular complexity index is 2190. The van der Waals surface area contributed by atoms with Crippen molar-refractivity contribution in [1.29, 1.82) is 0 Å². The predicted octanol–water partition coefficient (Wildman–Crippen LogP) is 10.6. The molecule has 3 aromatic heterocycles. The number of aryl methyl sites for hydroxylation is 1. The summed E-state index contributed by atoms with van der Waals surface area (Å²) in [6.07, 6.45) is 3.85. The molecule has 7 aromatic rings. The number of nitrogens with zero attached hydrogens (tertiary/aromatic N) is 2. The van der Waals surface area contributed by atoms with E-state index in [0.717, 1.165) is 33.8 Å². The molecule has 3 nitrogen and oxygen atoms in total. The number of thiophene rings is 1. The summed E-state index contributed by atoms with van der Waals surface area (Å²) in [7, 11) is 0.420. The number of hydrogen-bond donors (Lipinski definition) is 0. The molecular formula is C40H38IrN2OSSi-2. The van der Waals surface area contributed by atoms with Crippen LogP contribution in [0.5, 0.6) is 5.75 Å². The standard InChI is InChI=1S/C25H20NOS.C15H18NSi.Ir/c1-15(2)16-11-12-26-23(14-16)22-6-4-5-20-21-9-7-17-13-18(27-3)8-10-19(17)24(21)28-25(20)22;1-12-10-14(13-8-6-5-7-9-13)16-11-15(12)17(2,3)4;/h4-5,7-15H,1-3H3;5-8,10-11H,1-4H3;/q2*-1;/i15D;;. The van der Waals surface area contributed by atoms with Gasteiger partial charge in [-0.3, -0.25) is 0 Å². The molecule has 0 aliphatic rings. The third-order valence-electron chi connectivity index (χ3n) is 8.12. The van der Waals surface area contributed by atoms with Crippen LogP contribution in [0.15, 0.2) is 97.3 Å². The van der Waals surface area contributed by atoms with Crippen LogP contribution >= 0.6 is 11.3 Å². The molecule has 1 radical (unpaired) electrons. The maximum atomic E-state index is 8.36. The van der Waals surface area contributed by atoms with Crippen LogP contribution in [0.25, 0.3) is 53.5 Å². The third kappa shape index (κ3) is 6.86. The van der Waals surface area contributed by atoms with Gasteiger partial charge in [0.2, 0.25) is 0 Å². The van der Waals surface area contributed by atoms with Gasteiger partial charge in [-0.25, -0.2) is 0 Å². The van der Waals surface area contributed by atoms with Crippen molar-refractivity contribution in [3.8, 4) is 28.3 Å². The van der Waals surface area contributed by atoms with Gasteiger partial charge in [0.15, 0.2) is 0 Å². The Morgan fingerprint density at radius 1 is 0.826 bits per heavy atom. The fourth-order valence-corrected chi connectivity index (χ4v) is 8.79. The van der Waals surface area contributed by atoms with Gasteiger partial charge in [0.1, 0.15) is 5.75 Å². The minimum absolute atomic E-state index is 0. The Labute approximate surface area is 292 Å². The molecule has 0 atom stereocenters. The summed E-state index contributed by atoms with van der Waals surface area (Å²) in [5.41, 5.74) is 6.25. The number of ether oxygens (including phenoxy) is 1. The van der Waals surface area contributed by atoms with E-state index in [4.69, 9.17) is 6.11 Å². The molecule has 6 heteroatoms. The van der Waals surface area contributed by atoms with Crippen molar-refractivity contribution in [3.05, 3.63) is 121 Å². The van der Waals surface area contributed by atoms with Crippen molar-refractivity contribution < 1.29 is 26.2 Å². The normalized spacial score (nSPS) is 11.9. The molecule has 7 rings (SSSR count). The summed E-state index contributed by atoms with van der Waals surface area (Å²) in [5.74, 6) is 0.201. The first kappa shape index (κ1) is 32.3. The van der Waals surface area contributed by atoms with E-state index in [0.29, 0.717) is 0 Å². The van der Waals surface area contributed by atoms with Gasteiger partial charge in [0.25, 0.3) is 0 Å². The van der Waals surface area contributed by atoms with Crippen LogP contribution in [0.4, 0.5) is 0 Å². The Morgan fingerprint density at radius 3 is 2.30 bits per heavy atom. The minimum Gasteiger partial charge on any atom is -0.497 e. The van der Waals surface area contributed by atoms with E-state index in [-0.39, 0.29) is 20.1 Å². The second-order valence-corrected chi connectivity index (χ2v) is 18.6. The smallest absolute Gasteiger partial charge is 0.119 e. The molecule has 4 aromatic carbocycles. The van der Waals surface area contributed by atoms with Crippen molar-refractivity contribution >= 4 is 55.5 Å². The molecule has 46 heavy (non-hydrogen) atoms. The number of pyridine rings is 2. The second-order valence-electron chi connectivity index (χ2n) is 12.6. The van der Waals surface area contributed by atoms with E-state index >= 15 is 0 Å². The van der Waals surface area contributed by atoms with Crippen LogP contribution in [0.1, 0.15) is 32.2 Å². The Kier molecular flexibility index (Phi) is 9.81. The summed E-state index contributed by atoms with van der Waals surface area (Å²) in [5, 5.41) is 6.30. The summed E-state index contributed by atoms with van der Waals surface area (Å²) in [4.78, 5) is 9.18. The van der Waals surface area contributed by atoms with Gasteiger partial charge in [0, 0.05) is 38.6 Å². The minimum atomic E-state index is -1.27. The van der Waals surface area contributed by atoms with Gasteiger partial charge in [-0.2, -0.15) is 11.3 Å². The number of methoxy groups -OCH3 is 1. The zero-order chi connectivity index (χ0) is 32.6. The van der Waals surface area contributed by atoms with Gasteiger partial charge < -0.3 is 14.7 Å². The molecule has 0 aliphatic carbocycles. The molecule has 0 bridgehead atoms. The Morgan fingerprint density at radius 2 is 1.61 bits per heavy atom. The number of aromatic nitrogens is 2. The van der Waals surface area contributed by atoms with Crippen molar-refractivity contribution in [2.75, 3.05) is 7.11 Å². The van der Waals surface area contributed by atoms with Crippen LogP contribution in [-0.4, -0.2) is 25.2 Å². The zero-order valence-electron chi connectivity index (χ0n) is 28.3. The van der Waals surface area contributed by atoms with Crippen molar-refractivity contribution in [3.63, 3.8) is 0 Å². The van der Waals surface area contributed by atoms with E-state index in [1.165, 1.54) is 41.7 Å². The van der Waals surface area contributed by atoms with E-state index in [2.05, 4.69) is 97.3 Å². The number of benzene rings is 4. The van der Waals surface area contributed by atoms with Gasteiger partial charge >= 0.3 is 0 Å². The molecule has 0 saturated heterocycles. The molecular weight excluding hydrogens is 777 g/mol. The van der Waals surface area contributed by atoms with Crippen LogP contribution in [0.3, 0.4) is 0 Å². The summed E-state index contributed by atoms with van der Waals surface area (Å²) >= 11 is 1.78. The van der Waals surface area contributed by atoms with E-state index < -0.39 is 14.0 Å². The third-order valence-corrected chi connectivity index (χ3v) is 11.5. The number of rotatable bonds is 5. The van der Waals surface area contributed by atoms with Crippen LogP contribution < -0.4 is 9.92 Å². The van der Waals surface area contributed by atoms with Crippen molar-refractivity contribution in [1.82, 2.24) is 9.97 Å². The van der Waals surface area contributed by atoms with Crippen LogP contribution in [0.2, 0.25) is 19.6 Å². The van der Waals surface area contributed by atoms with Gasteiger partial charge in [0.05, 0.1) is 15.2 Å². The Hall–Kier alpha value is -3.67. The molecule has 0 N–H and O–H groups in total. The maximum Gasteiger partial charge on any atom is 0.119 e. The van der Waals surface area contributed by atoms with Gasteiger partial charge in [-0.05, 0) is 74.5 Å². The van der Waals surface area contributed by atoms with Gasteiger partial charge in [-0.15, -0.1) is 59.7 Å². The van der Waals surface area contributed by atoms with Crippen molar-refractivity contribution in [2.45, 2.75) is 46.3 Å². The fourth-order valence-electron chi connectivity index (χ4n) is 5.74. The summed E-state index contributed by atoms with van der Waals surface area (Å²) < 4.78 is 16.2. The molecule has 0 unspecified atom stereocenters. The largest absolute Gasteiger partial charge is 0.497 e. The van der Waals surface area contributed by atoms with Crippen LogP contribution in [0, 0.1) is 19.1 Å². The monoisotopic (exact) mass is 816 g/mol. The first-order valence-electron chi connectivity index (χ1n) is 15.7. The molecule has 0 spiro atoms. The quantitative estimate of drug-likeness (QED) is 0.128. The zero-order valence-corrected chi connectivity index (χ0v) is 31.5. The molecule has 0 fully saturated rings. The second kappa shape index (κ2) is 14.0. The molecule has 0 saturated carbocycles. The van der Waals surface area contributed by atoms with Crippen molar-refractivity contribution in [2.24, 2.45) is 0 Å². The first-order chi connectivity index (χ1) is 21.9. The molecule has 0 aliphatic heterocycles. The van der Waals surface area contributed by atoms with Crippen LogP contribution in [-0.2, 0) is 20.1 Å². The number of hydrogen-bond acceptors (Lipinski definition) is 4. The SMILES string of the molecule is Cc1cc(-c2[c-]cccc2)ncc1[Si](C)(C)C.[2H]C(C)(C)c1ccnc(-c2[c-]ccc3c2sc2c4ccc(OC)cc4ccc32)c1.[Ir]. The average Bonchev–Trinajstić information content (AvgIpc) is 3.43. The Balaban J connectivity index is 0.000000207. The van der Waals surface area contributed by atoms with Gasteiger partial charge in [-0.1, -0.05) is 74.3 Å². The predicted molar refractivity (Wildman–Crippen MR) is 196 cm³/mol. The fraction of sp³-hybridized carbons (Fsp3) is 0.200. The topological polar surface area (TPSA) is 35.0 Å². The number of fused-ring (bicyclic) bond motifs is 5. The van der Waals surface area contributed by atoms with E-state index in [1.54, 1.807) is 24.6 Å². The van der Waals surface area contributed by atoms with E-state index in [9.17, 15) is 0 Å². The average molecular weight is 816 g/mol. The molecule has 235 valence electrons. The molecule has 3 heterocycles. The summed E-state index contributed by atoms with van der Waals surface area (Å²) in [6.45, 7) is 13.0. The maximum absolute atomic E-state index is 8.36. The molecule has 0 amide bonds. The summed E-state index contributed by atoms with van der Waals surface area (Å²) in [6, 6.07) is 35.4.